The average molecular weight is 490 g/mol. The molecule has 33 heavy (non-hydrogen) atoms. The van der Waals surface area contributed by atoms with E-state index in [1.807, 2.05) is 12.2 Å². The van der Waals surface area contributed by atoms with Gasteiger partial charge in [-0.3, -0.25) is 9.69 Å². The lowest BCUT2D eigenvalue weighted by molar-refractivity contribution is -0.124. The summed E-state index contributed by atoms with van der Waals surface area (Å²) in [7, 11) is -1.50. The molecule has 0 bridgehead atoms. The van der Waals surface area contributed by atoms with E-state index in [9.17, 15) is 9.00 Å². The van der Waals surface area contributed by atoms with Gasteiger partial charge in [0.2, 0.25) is 5.91 Å². The van der Waals surface area contributed by atoms with Gasteiger partial charge in [0.15, 0.2) is 0 Å². The number of hydrogen-bond acceptors (Lipinski definition) is 5. The Hall–Kier alpha value is -2.23. The second-order valence-corrected chi connectivity index (χ2v) is 9.71. The molecule has 2 atom stereocenters. The van der Waals surface area contributed by atoms with E-state index < -0.39 is 17.0 Å². The Bertz CT molecular complexity index is 978. The number of amides is 1. The molecule has 176 valence electrons. The normalized spacial score (nSPS) is 20.3. The van der Waals surface area contributed by atoms with Crippen molar-refractivity contribution in [2.75, 3.05) is 45.9 Å². The summed E-state index contributed by atoms with van der Waals surface area (Å²) in [6.45, 7) is 4.82. The van der Waals surface area contributed by atoms with Crippen LogP contribution in [0.15, 0.2) is 65.6 Å². The van der Waals surface area contributed by atoms with E-state index in [2.05, 4.69) is 10.2 Å². The van der Waals surface area contributed by atoms with E-state index in [1.165, 1.54) is 0 Å². The second kappa shape index (κ2) is 11.8. The van der Waals surface area contributed by atoms with Gasteiger partial charge in [-0.1, -0.05) is 23.8 Å². The van der Waals surface area contributed by atoms with Gasteiger partial charge in [-0.25, -0.2) is 8.51 Å². The zero-order valence-corrected chi connectivity index (χ0v) is 19.9. The Morgan fingerprint density at radius 3 is 2.42 bits per heavy atom. The lowest BCUT2D eigenvalue weighted by Gasteiger charge is -2.32. The number of nitrogens with one attached hydrogen (secondary N) is 1. The maximum atomic E-state index is 13.6. The number of carbonyl (C=O) groups is 1. The van der Waals surface area contributed by atoms with Crippen LogP contribution in [0.4, 0.5) is 0 Å². The van der Waals surface area contributed by atoms with Crippen LogP contribution in [0.5, 0.6) is 11.5 Å². The molecule has 7 nitrogen and oxygen atoms in total. The lowest BCUT2D eigenvalue weighted by Crippen LogP contribution is -2.50. The van der Waals surface area contributed by atoms with Crippen LogP contribution < -0.4 is 10.1 Å². The molecule has 1 fully saturated rings. The molecule has 0 aromatic heterocycles. The first-order chi connectivity index (χ1) is 16.1. The summed E-state index contributed by atoms with van der Waals surface area (Å²) in [5.74, 6) is 1.20. The van der Waals surface area contributed by atoms with Crippen LogP contribution in [0, 0.1) is 0 Å². The number of halogens is 1. The zero-order valence-electron chi connectivity index (χ0n) is 18.3. The molecule has 2 aliphatic rings. The molecule has 0 spiro atoms. The molecule has 2 aromatic carbocycles. The Morgan fingerprint density at radius 1 is 1.06 bits per heavy atom. The van der Waals surface area contributed by atoms with Gasteiger partial charge in [-0.2, -0.15) is 0 Å². The summed E-state index contributed by atoms with van der Waals surface area (Å²) < 4.78 is 26.7. The molecule has 4 rings (SSSR count). The first kappa shape index (κ1) is 23.9. The van der Waals surface area contributed by atoms with Crippen molar-refractivity contribution in [3.8, 4) is 11.5 Å². The van der Waals surface area contributed by atoms with E-state index in [4.69, 9.17) is 21.1 Å². The van der Waals surface area contributed by atoms with Crippen LogP contribution >= 0.6 is 11.6 Å². The van der Waals surface area contributed by atoms with Crippen LogP contribution in [0.1, 0.15) is 6.42 Å². The highest BCUT2D eigenvalue weighted by molar-refractivity contribution is 7.82. The third-order valence-corrected chi connectivity index (χ3v) is 7.39. The van der Waals surface area contributed by atoms with E-state index in [0.717, 1.165) is 19.6 Å². The second-order valence-electron chi connectivity index (χ2n) is 7.84. The predicted octanol–water partition coefficient (Wildman–Crippen LogP) is 3.23. The van der Waals surface area contributed by atoms with Crippen LogP contribution in [0.25, 0.3) is 0 Å². The highest BCUT2D eigenvalue weighted by Gasteiger charge is 2.31. The van der Waals surface area contributed by atoms with Crippen molar-refractivity contribution in [2.45, 2.75) is 17.4 Å². The minimum atomic E-state index is -1.50. The number of nitrogens with zero attached hydrogens (tertiary/aromatic N) is 2. The molecule has 1 amide bonds. The number of hydrogen-bond donors (Lipinski definition) is 1. The summed E-state index contributed by atoms with van der Waals surface area (Å²) in [5.41, 5.74) is 0. The molecule has 0 aliphatic carbocycles. The van der Waals surface area contributed by atoms with Crippen molar-refractivity contribution in [2.24, 2.45) is 0 Å². The average Bonchev–Trinajstić information content (AvgIpc) is 3.06. The number of ether oxygens (including phenoxy) is 2. The Morgan fingerprint density at radius 2 is 1.73 bits per heavy atom. The highest BCUT2D eigenvalue weighted by atomic mass is 35.5. The molecule has 1 N–H and O–H groups in total. The first-order valence-corrected chi connectivity index (χ1v) is 12.5. The standard InChI is InChI=1S/C24H28ClN3O4S/c25-19-4-6-20(7-5-19)32-21-8-10-22(11-9-21)33(30)28(14-13-27-15-17-31-18-16-27)23-3-1-2-12-26-24(23)29/h1-2,4-11,23H,3,12-18H2,(H,26,29)/t23-,33?/m1/s1. The quantitative estimate of drug-likeness (QED) is 0.576. The fraction of sp³-hybridized carbons (Fsp3) is 0.375. The van der Waals surface area contributed by atoms with Gasteiger partial charge in [0.1, 0.15) is 28.5 Å². The molecular weight excluding hydrogens is 462 g/mol. The largest absolute Gasteiger partial charge is 0.457 e. The molecule has 2 heterocycles. The first-order valence-electron chi connectivity index (χ1n) is 11.0. The molecule has 0 saturated carbocycles. The third kappa shape index (κ3) is 6.65. The Kier molecular flexibility index (Phi) is 8.52. The van der Waals surface area contributed by atoms with Gasteiger partial charge in [-0.15, -0.1) is 0 Å². The van der Waals surface area contributed by atoms with Crippen molar-refractivity contribution in [3.63, 3.8) is 0 Å². The minimum Gasteiger partial charge on any atom is -0.457 e. The van der Waals surface area contributed by atoms with E-state index in [0.29, 0.717) is 54.1 Å². The van der Waals surface area contributed by atoms with Crippen LogP contribution in [-0.2, 0) is 20.5 Å². The van der Waals surface area contributed by atoms with Gasteiger partial charge < -0.3 is 14.8 Å². The fourth-order valence-corrected chi connectivity index (χ4v) is 5.18. The summed E-state index contributed by atoms with van der Waals surface area (Å²) in [6.07, 6.45) is 4.44. The number of carbonyl (C=O) groups excluding carboxylic acids is 1. The van der Waals surface area contributed by atoms with Gasteiger partial charge in [0.05, 0.1) is 18.1 Å². The van der Waals surface area contributed by atoms with Crippen molar-refractivity contribution >= 4 is 28.5 Å². The van der Waals surface area contributed by atoms with E-state index in [1.54, 1.807) is 52.8 Å². The van der Waals surface area contributed by atoms with Gasteiger partial charge in [-0.05, 0) is 55.0 Å². The monoisotopic (exact) mass is 489 g/mol. The van der Waals surface area contributed by atoms with Crippen molar-refractivity contribution in [1.82, 2.24) is 14.5 Å². The maximum absolute atomic E-state index is 13.6. The lowest BCUT2D eigenvalue weighted by atomic mass is 10.2. The Labute approximate surface area is 201 Å². The number of morpholine rings is 1. The van der Waals surface area contributed by atoms with Crippen molar-refractivity contribution < 1.29 is 18.5 Å². The molecule has 1 unspecified atom stereocenters. The van der Waals surface area contributed by atoms with E-state index in [-0.39, 0.29) is 5.91 Å². The molecule has 2 aliphatic heterocycles. The van der Waals surface area contributed by atoms with Crippen molar-refractivity contribution in [3.05, 3.63) is 65.7 Å². The fourth-order valence-electron chi connectivity index (χ4n) is 3.76. The summed E-state index contributed by atoms with van der Waals surface area (Å²) in [5, 5.41) is 3.54. The van der Waals surface area contributed by atoms with Gasteiger partial charge in [0, 0.05) is 37.7 Å². The molecular formula is C24H28ClN3O4S. The van der Waals surface area contributed by atoms with Gasteiger partial charge in [0.25, 0.3) is 0 Å². The summed E-state index contributed by atoms with van der Waals surface area (Å²) >= 11 is 5.92. The number of rotatable bonds is 8. The zero-order chi connectivity index (χ0) is 23.0. The predicted molar refractivity (Wildman–Crippen MR) is 129 cm³/mol. The Balaban J connectivity index is 1.48. The van der Waals surface area contributed by atoms with Crippen LogP contribution in [-0.4, -0.2) is 71.3 Å². The van der Waals surface area contributed by atoms with Crippen LogP contribution in [0.3, 0.4) is 0 Å². The minimum absolute atomic E-state index is 0.0991. The topological polar surface area (TPSA) is 71.1 Å². The van der Waals surface area contributed by atoms with Crippen LogP contribution in [0.2, 0.25) is 5.02 Å². The third-order valence-electron chi connectivity index (χ3n) is 5.60. The summed E-state index contributed by atoms with van der Waals surface area (Å²) in [4.78, 5) is 15.6. The SMILES string of the molecule is O=C1NCC=CC[C@H]1N(CCN1CCOCC1)S(=O)c1ccc(Oc2ccc(Cl)cc2)cc1. The molecule has 9 heteroatoms. The smallest absolute Gasteiger partial charge is 0.238 e. The number of benzene rings is 2. The molecule has 2 aromatic rings. The van der Waals surface area contributed by atoms with Gasteiger partial charge >= 0.3 is 0 Å². The van der Waals surface area contributed by atoms with Crippen molar-refractivity contribution in [1.29, 1.82) is 0 Å². The molecule has 0 radical (unpaired) electrons. The molecule has 1 saturated heterocycles. The van der Waals surface area contributed by atoms with E-state index >= 15 is 0 Å². The summed E-state index contributed by atoms with van der Waals surface area (Å²) in [6, 6.07) is 13.8. The highest BCUT2D eigenvalue weighted by Crippen LogP contribution is 2.25. The maximum Gasteiger partial charge on any atom is 0.238 e.